The SMILES string of the molecule is c1cc(-c2cnn(C3CCNCC3)c2)ccc1COC1CCCC1. The Balaban J connectivity index is 1.38. The molecule has 1 aromatic carbocycles. The second-order valence-corrected chi connectivity index (χ2v) is 7.10. The van der Waals surface area contributed by atoms with Gasteiger partial charge in [0.15, 0.2) is 0 Å². The molecule has 0 amide bonds. The second kappa shape index (κ2) is 7.49. The van der Waals surface area contributed by atoms with E-state index in [-0.39, 0.29) is 0 Å². The van der Waals surface area contributed by atoms with Crippen molar-refractivity contribution < 1.29 is 4.74 Å². The van der Waals surface area contributed by atoms with Crippen LogP contribution in [0.2, 0.25) is 0 Å². The number of ether oxygens (including phenoxy) is 1. The Kier molecular flexibility index (Phi) is 4.95. The molecular weight excluding hydrogens is 298 g/mol. The molecule has 2 fully saturated rings. The molecule has 4 heteroatoms. The van der Waals surface area contributed by atoms with Crippen molar-refractivity contribution >= 4 is 0 Å². The molecule has 1 aliphatic heterocycles. The van der Waals surface area contributed by atoms with E-state index in [1.165, 1.54) is 55.2 Å². The molecule has 4 nitrogen and oxygen atoms in total. The van der Waals surface area contributed by atoms with Crippen LogP contribution >= 0.6 is 0 Å². The predicted molar refractivity (Wildman–Crippen MR) is 95.8 cm³/mol. The van der Waals surface area contributed by atoms with Crippen LogP contribution in [0.1, 0.15) is 50.1 Å². The van der Waals surface area contributed by atoms with E-state index in [1.54, 1.807) is 0 Å². The van der Waals surface area contributed by atoms with Gasteiger partial charge in [-0.3, -0.25) is 4.68 Å². The van der Waals surface area contributed by atoms with Gasteiger partial charge < -0.3 is 10.1 Å². The average Bonchev–Trinajstić information content (AvgIpc) is 3.33. The summed E-state index contributed by atoms with van der Waals surface area (Å²) in [6.45, 7) is 2.92. The summed E-state index contributed by atoms with van der Waals surface area (Å²) >= 11 is 0. The maximum absolute atomic E-state index is 6.00. The standard InChI is InChI=1S/C20H27N3O/c1-2-4-20(3-1)24-15-16-5-7-17(8-6-16)18-13-22-23(14-18)19-9-11-21-12-10-19/h5-8,13-14,19-21H,1-4,9-12,15H2. The summed E-state index contributed by atoms with van der Waals surface area (Å²) in [6, 6.07) is 9.30. The number of rotatable bonds is 5. The fraction of sp³-hybridized carbons (Fsp3) is 0.550. The quantitative estimate of drug-likeness (QED) is 0.905. The van der Waals surface area contributed by atoms with E-state index < -0.39 is 0 Å². The number of nitrogens with one attached hydrogen (secondary N) is 1. The van der Waals surface area contributed by atoms with Crippen LogP contribution in [-0.2, 0) is 11.3 Å². The lowest BCUT2D eigenvalue weighted by Gasteiger charge is -2.22. The minimum absolute atomic E-state index is 0.480. The molecular formula is C20H27N3O. The highest BCUT2D eigenvalue weighted by Gasteiger charge is 2.16. The van der Waals surface area contributed by atoms with E-state index in [0.717, 1.165) is 19.7 Å². The lowest BCUT2D eigenvalue weighted by atomic mass is 10.1. The number of hydrogen-bond acceptors (Lipinski definition) is 3. The van der Waals surface area contributed by atoms with Gasteiger partial charge in [0, 0.05) is 11.8 Å². The van der Waals surface area contributed by atoms with Crippen LogP contribution in [-0.4, -0.2) is 29.0 Å². The third kappa shape index (κ3) is 3.70. The van der Waals surface area contributed by atoms with Crippen LogP contribution in [0.15, 0.2) is 36.7 Å². The molecule has 2 heterocycles. The molecule has 24 heavy (non-hydrogen) atoms. The lowest BCUT2D eigenvalue weighted by molar-refractivity contribution is 0.0457. The molecule has 2 aromatic rings. The van der Waals surface area contributed by atoms with Gasteiger partial charge in [-0.25, -0.2) is 0 Å². The number of hydrogen-bond donors (Lipinski definition) is 1. The number of aromatic nitrogens is 2. The monoisotopic (exact) mass is 325 g/mol. The Bertz CT molecular complexity index is 637. The van der Waals surface area contributed by atoms with Crippen molar-refractivity contribution in [2.24, 2.45) is 0 Å². The Morgan fingerprint density at radius 1 is 1.00 bits per heavy atom. The Morgan fingerprint density at radius 2 is 1.75 bits per heavy atom. The molecule has 0 bridgehead atoms. The van der Waals surface area contributed by atoms with E-state index in [0.29, 0.717) is 12.1 Å². The van der Waals surface area contributed by atoms with E-state index in [4.69, 9.17) is 4.74 Å². The molecule has 1 aliphatic carbocycles. The molecule has 1 saturated heterocycles. The van der Waals surface area contributed by atoms with Crippen molar-refractivity contribution in [3.63, 3.8) is 0 Å². The molecule has 1 N–H and O–H groups in total. The van der Waals surface area contributed by atoms with Gasteiger partial charge in [0.05, 0.1) is 24.9 Å². The highest BCUT2D eigenvalue weighted by atomic mass is 16.5. The Labute approximate surface area is 144 Å². The van der Waals surface area contributed by atoms with Crippen LogP contribution in [0.25, 0.3) is 11.1 Å². The first-order valence-corrected chi connectivity index (χ1v) is 9.34. The van der Waals surface area contributed by atoms with Gasteiger partial charge in [-0.05, 0) is 49.9 Å². The molecule has 4 rings (SSSR count). The highest BCUT2D eigenvalue weighted by molar-refractivity contribution is 5.61. The van der Waals surface area contributed by atoms with Crippen LogP contribution in [0, 0.1) is 0 Å². The van der Waals surface area contributed by atoms with Gasteiger partial charge in [0.25, 0.3) is 0 Å². The summed E-state index contributed by atoms with van der Waals surface area (Å²) in [7, 11) is 0. The van der Waals surface area contributed by atoms with Crippen molar-refractivity contribution in [1.29, 1.82) is 0 Å². The fourth-order valence-electron chi connectivity index (χ4n) is 3.82. The highest BCUT2D eigenvalue weighted by Crippen LogP contribution is 2.25. The van der Waals surface area contributed by atoms with Crippen molar-refractivity contribution in [3.05, 3.63) is 42.2 Å². The van der Waals surface area contributed by atoms with E-state index in [2.05, 4.69) is 45.6 Å². The molecule has 128 valence electrons. The minimum atomic E-state index is 0.480. The van der Waals surface area contributed by atoms with Gasteiger partial charge in [-0.15, -0.1) is 0 Å². The van der Waals surface area contributed by atoms with Crippen molar-refractivity contribution in [3.8, 4) is 11.1 Å². The lowest BCUT2D eigenvalue weighted by Crippen LogP contribution is -2.29. The van der Waals surface area contributed by atoms with E-state index >= 15 is 0 Å². The second-order valence-electron chi connectivity index (χ2n) is 7.10. The van der Waals surface area contributed by atoms with Crippen LogP contribution in [0.5, 0.6) is 0 Å². The third-order valence-electron chi connectivity index (χ3n) is 5.36. The van der Waals surface area contributed by atoms with Gasteiger partial charge >= 0.3 is 0 Å². The molecule has 1 saturated carbocycles. The molecule has 0 spiro atoms. The Morgan fingerprint density at radius 3 is 2.50 bits per heavy atom. The first-order chi connectivity index (χ1) is 11.9. The van der Waals surface area contributed by atoms with Crippen molar-refractivity contribution in [2.75, 3.05) is 13.1 Å². The summed E-state index contributed by atoms with van der Waals surface area (Å²) in [6.07, 6.45) is 12.1. The van der Waals surface area contributed by atoms with Crippen LogP contribution < -0.4 is 5.32 Å². The van der Waals surface area contributed by atoms with Gasteiger partial charge in [-0.2, -0.15) is 5.10 Å². The van der Waals surface area contributed by atoms with Crippen molar-refractivity contribution in [1.82, 2.24) is 15.1 Å². The average molecular weight is 325 g/mol. The zero-order valence-electron chi connectivity index (χ0n) is 14.3. The maximum Gasteiger partial charge on any atom is 0.0720 e. The molecule has 0 unspecified atom stereocenters. The first kappa shape index (κ1) is 15.9. The van der Waals surface area contributed by atoms with Gasteiger partial charge in [0.1, 0.15) is 0 Å². The van der Waals surface area contributed by atoms with E-state index in [1.807, 2.05) is 6.20 Å². The maximum atomic E-state index is 6.00. The van der Waals surface area contributed by atoms with E-state index in [9.17, 15) is 0 Å². The van der Waals surface area contributed by atoms with Crippen molar-refractivity contribution in [2.45, 2.75) is 57.3 Å². The number of piperidine rings is 1. The topological polar surface area (TPSA) is 39.1 Å². The normalized spacial score (nSPS) is 19.8. The number of nitrogens with zero attached hydrogens (tertiary/aromatic N) is 2. The Hall–Kier alpha value is -1.65. The summed E-state index contributed by atoms with van der Waals surface area (Å²) < 4.78 is 8.14. The summed E-state index contributed by atoms with van der Waals surface area (Å²) in [5, 5.41) is 8.00. The van der Waals surface area contributed by atoms with Gasteiger partial charge in [0.2, 0.25) is 0 Å². The largest absolute Gasteiger partial charge is 0.374 e. The van der Waals surface area contributed by atoms with Gasteiger partial charge in [-0.1, -0.05) is 37.1 Å². The molecule has 2 aliphatic rings. The summed E-state index contributed by atoms with van der Waals surface area (Å²) in [4.78, 5) is 0. The number of benzene rings is 1. The third-order valence-corrected chi connectivity index (χ3v) is 5.36. The first-order valence-electron chi connectivity index (χ1n) is 9.34. The predicted octanol–water partition coefficient (Wildman–Crippen LogP) is 3.93. The van der Waals surface area contributed by atoms with Crippen LogP contribution in [0.4, 0.5) is 0 Å². The summed E-state index contributed by atoms with van der Waals surface area (Å²) in [5.41, 5.74) is 3.70. The van der Waals surface area contributed by atoms with Crippen LogP contribution in [0.3, 0.4) is 0 Å². The minimum Gasteiger partial charge on any atom is -0.374 e. The summed E-state index contributed by atoms with van der Waals surface area (Å²) in [5.74, 6) is 0. The fourth-order valence-corrected chi connectivity index (χ4v) is 3.82. The molecule has 0 atom stereocenters. The zero-order chi connectivity index (χ0) is 16.2. The molecule has 1 aromatic heterocycles. The zero-order valence-corrected chi connectivity index (χ0v) is 14.3. The molecule has 0 radical (unpaired) electrons. The smallest absolute Gasteiger partial charge is 0.0720 e.